The molecule has 1 rings (SSSR count). The highest BCUT2D eigenvalue weighted by Crippen LogP contribution is 2.02. The molecule has 1 aromatic rings. The number of nitrogens with zero attached hydrogens (tertiary/aromatic N) is 2. The SMILES string of the molecule is CCN(Cc1ccccn1)C(=O)CCN. The van der Waals surface area contributed by atoms with Gasteiger partial charge in [-0.3, -0.25) is 9.78 Å². The van der Waals surface area contributed by atoms with Crippen LogP contribution in [0.4, 0.5) is 0 Å². The van der Waals surface area contributed by atoms with E-state index in [4.69, 9.17) is 5.73 Å². The number of hydrogen-bond acceptors (Lipinski definition) is 3. The van der Waals surface area contributed by atoms with E-state index in [1.54, 1.807) is 11.1 Å². The second-order valence-electron chi connectivity index (χ2n) is 3.27. The van der Waals surface area contributed by atoms with Crippen LogP contribution in [0.5, 0.6) is 0 Å². The number of aromatic nitrogens is 1. The third-order valence-corrected chi connectivity index (χ3v) is 2.17. The Hall–Kier alpha value is -1.42. The first-order valence-electron chi connectivity index (χ1n) is 5.15. The molecule has 82 valence electrons. The third kappa shape index (κ3) is 3.67. The van der Waals surface area contributed by atoms with E-state index < -0.39 is 0 Å². The summed E-state index contributed by atoms with van der Waals surface area (Å²) in [5.74, 6) is 0.0886. The molecule has 0 radical (unpaired) electrons. The van der Waals surface area contributed by atoms with Crippen molar-refractivity contribution in [3.8, 4) is 0 Å². The average molecular weight is 207 g/mol. The zero-order chi connectivity index (χ0) is 11.1. The van der Waals surface area contributed by atoms with Gasteiger partial charge in [-0.05, 0) is 19.1 Å². The number of nitrogens with two attached hydrogens (primary N) is 1. The third-order valence-electron chi connectivity index (χ3n) is 2.17. The van der Waals surface area contributed by atoms with Crippen LogP contribution in [0, 0.1) is 0 Å². The van der Waals surface area contributed by atoms with Crippen molar-refractivity contribution in [2.75, 3.05) is 13.1 Å². The van der Waals surface area contributed by atoms with Gasteiger partial charge in [-0.15, -0.1) is 0 Å². The van der Waals surface area contributed by atoms with Crippen molar-refractivity contribution >= 4 is 5.91 Å². The minimum Gasteiger partial charge on any atom is -0.337 e. The Morgan fingerprint density at radius 2 is 2.33 bits per heavy atom. The Morgan fingerprint density at radius 3 is 2.87 bits per heavy atom. The highest BCUT2D eigenvalue weighted by atomic mass is 16.2. The Bertz CT molecular complexity index is 300. The van der Waals surface area contributed by atoms with E-state index in [9.17, 15) is 4.79 Å². The van der Waals surface area contributed by atoms with E-state index in [1.807, 2.05) is 25.1 Å². The lowest BCUT2D eigenvalue weighted by atomic mass is 10.3. The summed E-state index contributed by atoms with van der Waals surface area (Å²) < 4.78 is 0. The van der Waals surface area contributed by atoms with Gasteiger partial charge in [-0.25, -0.2) is 0 Å². The predicted octanol–water partition coefficient (Wildman–Crippen LogP) is 0.779. The summed E-state index contributed by atoms with van der Waals surface area (Å²) >= 11 is 0. The minimum atomic E-state index is 0.0886. The molecule has 0 aliphatic heterocycles. The van der Waals surface area contributed by atoms with Crippen molar-refractivity contribution in [2.45, 2.75) is 19.9 Å². The lowest BCUT2D eigenvalue weighted by Crippen LogP contribution is -2.31. The molecule has 1 heterocycles. The molecule has 4 heteroatoms. The maximum Gasteiger partial charge on any atom is 0.224 e. The van der Waals surface area contributed by atoms with Gasteiger partial charge in [0.15, 0.2) is 0 Å². The van der Waals surface area contributed by atoms with Gasteiger partial charge in [-0.1, -0.05) is 6.07 Å². The van der Waals surface area contributed by atoms with Crippen LogP contribution in [0.25, 0.3) is 0 Å². The fraction of sp³-hybridized carbons (Fsp3) is 0.455. The Labute approximate surface area is 90.1 Å². The van der Waals surface area contributed by atoms with Crippen LogP contribution < -0.4 is 5.73 Å². The normalized spacial score (nSPS) is 10.0. The van der Waals surface area contributed by atoms with E-state index in [2.05, 4.69) is 4.98 Å². The van der Waals surface area contributed by atoms with Gasteiger partial charge in [0.1, 0.15) is 0 Å². The molecule has 0 atom stereocenters. The first-order chi connectivity index (χ1) is 7.27. The minimum absolute atomic E-state index is 0.0886. The van der Waals surface area contributed by atoms with E-state index in [-0.39, 0.29) is 5.91 Å². The highest BCUT2D eigenvalue weighted by Gasteiger charge is 2.10. The lowest BCUT2D eigenvalue weighted by Gasteiger charge is -2.20. The molecular weight excluding hydrogens is 190 g/mol. The Balaban J connectivity index is 2.58. The molecule has 0 aliphatic rings. The van der Waals surface area contributed by atoms with Gasteiger partial charge >= 0.3 is 0 Å². The monoisotopic (exact) mass is 207 g/mol. The molecule has 0 fully saturated rings. The summed E-state index contributed by atoms with van der Waals surface area (Å²) in [6.07, 6.45) is 2.14. The molecule has 4 nitrogen and oxygen atoms in total. The van der Waals surface area contributed by atoms with Crippen molar-refractivity contribution in [2.24, 2.45) is 5.73 Å². The molecule has 0 aliphatic carbocycles. The van der Waals surface area contributed by atoms with Crippen LogP contribution in [0.15, 0.2) is 24.4 Å². The van der Waals surface area contributed by atoms with Crippen molar-refractivity contribution in [3.05, 3.63) is 30.1 Å². The number of carbonyl (C=O) groups excluding carboxylic acids is 1. The highest BCUT2D eigenvalue weighted by molar-refractivity contribution is 5.76. The molecule has 0 saturated heterocycles. The van der Waals surface area contributed by atoms with Crippen LogP contribution >= 0.6 is 0 Å². The maximum absolute atomic E-state index is 11.6. The molecule has 0 aromatic carbocycles. The number of pyridine rings is 1. The Kier molecular flexibility index (Phi) is 4.77. The second kappa shape index (κ2) is 6.14. The first-order valence-corrected chi connectivity index (χ1v) is 5.15. The molecule has 1 amide bonds. The fourth-order valence-corrected chi connectivity index (χ4v) is 1.35. The second-order valence-corrected chi connectivity index (χ2v) is 3.27. The number of amides is 1. The van der Waals surface area contributed by atoms with Crippen molar-refractivity contribution in [1.82, 2.24) is 9.88 Å². The van der Waals surface area contributed by atoms with E-state index in [0.717, 1.165) is 5.69 Å². The zero-order valence-corrected chi connectivity index (χ0v) is 9.02. The van der Waals surface area contributed by atoms with Crippen LogP contribution in [-0.4, -0.2) is 28.9 Å². The number of hydrogen-bond donors (Lipinski definition) is 1. The molecule has 0 unspecified atom stereocenters. The van der Waals surface area contributed by atoms with Gasteiger partial charge in [-0.2, -0.15) is 0 Å². The number of carbonyl (C=O) groups is 1. The largest absolute Gasteiger partial charge is 0.337 e. The summed E-state index contributed by atoms with van der Waals surface area (Å²) in [4.78, 5) is 17.5. The molecule has 0 bridgehead atoms. The summed E-state index contributed by atoms with van der Waals surface area (Å²) in [7, 11) is 0. The van der Waals surface area contributed by atoms with E-state index in [0.29, 0.717) is 26.1 Å². The summed E-state index contributed by atoms with van der Waals surface area (Å²) in [6, 6.07) is 5.70. The summed E-state index contributed by atoms with van der Waals surface area (Å²) in [5, 5.41) is 0. The van der Waals surface area contributed by atoms with E-state index >= 15 is 0 Å². The van der Waals surface area contributed by atoms with Crippen molar-refractivity contribution < 1.29 is 4.79 Å². The standard InChI is InChI=1S/C11H17N3O/c1-2-14(11(15)6-7-12)9-10-5-3-4-8-13-10/h3-5,8H,2,6-7,9,12H2,1H3. The van der Waals surface area contributed by atoms with Crippen LogP contribution in [0.3, 0.4) is 0 Å². The summed E-state index contributed by atoms with van der Waals surface area (Å²) in [5.41, 5.74) is 6.26. The van der Waals surface area contributed by atoms with Crippen molar-refractivity contribution in [3.63, 3.8) is 0 Å². The molecule has 0 spiro atoms. The lowest BCUT2D eigenvalue weighted by molar-refractivity contribution is -0.131. The topological polar surface area (TPSA) is 59.2 Å². The molecule has 0 saturated carbocycles. The predicted molar refractivity (Wildman–Crippen MR) is 59.0 cm³/mol. The Morgan fingerprint density at radius 1 is 1.53 bits per heavy atom. The van der Waals surface area contributed by atoms with Crippen LogP contribution in [-0.2, 0) is 11.3 Å². The van der Waals surface area contributed by atoms with Crippen LogP contribution in [0.2, 0.25) is 0 Å². The van der Waals surface area contributed by atoms with Gasteiger partial charge in [0.2, 0.25) is 5.91 Å². The van der Waals surface area contributed by atoms with Gasteiger partial charge < -0.3 is 10.6 Å². The van der Waals surface area contributed by atoms with Gasteiger partial charge in [0.25, 0.3) is 0 Å². The van der Waals surface area contributed by atoms with Gasteiger partial charge in [0.05, 0.1) is 12.2 Å². The first kappa shape index (κ1) is 11.7. The zero-order valence-electron chi connectivity index (χ0n) is 9.02. The quantitative estimate of drug-likeness (QED) is 0.776. The van der Waals surface area contributed by atoms with Crippen LogP contribution in [0.1, 0.15) is 19.0 Å². The van der Waals surface area contributed by atoms with Gasteiger partial charge in [0, 0.05) is 25.7 Å². The van der Waals surface area contributed by atoms with E-state index in [1.165, 1.54) is 0 Å². The number of rotatable bonds is 5. The van der Waals surface area contributed by atoms with Crippen molar-refractivity contribution in [1.29, 1.82) is 0 Å². The smallest absolute Gasteiger partial charge is 0.224 e. The summed E-state index contributed by atoms with van der Waals surface area (Å²) in [6.45, 7) is 3.61. The molecule has 15 heavy (non-hydrogen) atoms. The molecular formula is C11H17N3O. The molecule has 2 N–H and O–H groups in total. The average Bonchev–Trinajstić information content (AvgIpc) is 2.27. The fourth-order valence-electron chi connectivity index (χ4n) is 1.35. The molecule has 1 aromatic heterocycles. The maximum atomic E-state index is 11.6.